The highest BCUT2D eigenvalue weighted by molar-refractivity contribution is 5.72. The smallest absolute Gasteiger partial charge is 0.217 e. The summed E-state index contributed by atoms with van der Waals surface area (Å²) in [5, 5.41) is 2.82. The van der Waals surface area contributed by atoms with E-state index in [0.717, 1.165) is 36.7 Å². The Kier molecular flexibility index (Phi) is 5.48. The van der Waals surface area contributed by atoms with E-state index in [1.165, 1.54) is 13.3 Å². The number of hydrogen-bond acceptors (Lipinski definition) is 4. The van der Waals surface area contributed by atoms with Gasteiger partial charge in [-0.3, -0.25) is 14.7 Å². The third-order valence-electron chi connectivity index (χ3n) is 4.70. The highest BCUT2D eigenvalue weighted by Crippen LogP contribution is 2.32. The largest absolute Gasteiger partial charge is 0.351 e. The van der Waals surface area contributed by atoms with Crippen LogP contribution >= 0.6 is 0 Å². The summed E-state index contributed by atoms with van der Waals surface area (Å²) >= 11 is 0. The summed E-state index contributed by atoms with van der Waals surface area (Å²) in [6, 6.07) is 6.82. The first kappa shape index (κ1) is 17.6. The molecule has 3 rings (SSSR count). The predicted octanol–water partition coefficient (Wildman–Crippen LogP) is 2.83. The zero-order valence-electron chi connectivity index (χ0n) is 15.3. The minimum atomic E-state index is -0.0322. The molecule has 2 aromatic heterocycles. The summed E-state index contributed by atoms with van der Waals surface area (Å²) in [7, 11) is 0. The van der Waals surface area contributed by atoms with Crippen LogP contribution < -0.4 is 5.32 Å². The van der Waals surface area contributed by atoms with Gasteiger partial charge in [0.1, 0.15) is 5.82 Å². The Balaban J connectivity index is 1.74. The molecule has 1 saturated heterocycles. The molecule has 134 valence electrons. The first-order valence-corrected chi connectivity index (χ1v) is 9.00. The molecule has 25 heavy (non-hydrogen) atoms. The van der Waals surface area contributed by atoms with Crippen molar-refractivity contribution in [3.05, 3.63) is 47.8 Å². The number of rotatable bonds is 6. The quantitative estimate of drug-likeness (QED) is 0.877. The third kappa shape index (κ3) is 4.25. The Bertz CT molecular complexity index is 724. The number of aromatic nitrogens is 3. The standard InChI is InChI=1S/C19H27N5O/c1-14(2)24-11-9-20-19(24)13-23-10-5-8-18(23)17-7-4-6-16(22-17)12-21-15(3)25/h4,6-7,9,11,14,18H,5,8,10,12-13H2,1-3H3,(H,21,25)/t18-/m1/s1. The number of pyridine rings is 1. The summed E-state index contributed by atoms with van der Waals surface area (Å²) in [5.74, 6) is 1.08. The molecule has 0 unspecified atom stereocenters. The molecule has 0 spiro atoms. The SMILES string of the molecule is CC(=O)NCc1cccc([C@H]2CCCN2Cc2nccn2C(C)C)n1. The van der Waals surface area contributed by atoms with Crippen LogP contribution in [0, 0.1) is 0 Å². The monoisotopic (exact) mass is 341 g/mol. The van der Waals surface area contributed by atoms with Crippen molar-refractivity contribution in [1.82, 2.24) is 24.8 Å². The fourth-order valence-electron chi connectivity index (χ4n) is 3.47. The molecule has 0 bridgehead atoms. The van der Waals surface area contributed by atoms with Gasteiger partial charge >= 0.3 is 0 Å². The van der Waals surface area contributed by atoms with E-state index in [-0.39, 0.29) is 5.91 Å². The lowest BCUT2D eigenvalue weighted by Crippen LogP contribution is -2.26. The molecule has 1 aliphatic rings. The molecule has 6 nitrogen and oxygen atoms in total. The molecule has 0 radical (unpaired) electrons. The molecular weight excluding hydrogens is 314 g/mol. The zero-order chi connectivity index (χ0) is 17.8. The minimum Gasteiger partial charge on any atom is -0.351 e. The average molecular weight is 341 g/mol. The number of carbonyl (C=O) groups is 1. The fourth-order valence-corrected chi connectivity index (χ4v) is 3.47. The molecule has 1 fully saturated rings. The van der Waals surface area contributed by atoms with Crippen molar-refractivity contribution in [3.63, 3.8) is 0 Å². The molecule has 1 amide bonds. The van der Waals surface area contributed by atoms with Crippen LogP contribution in [0.5, 0.6) is 0 Å². The van der Waals surface area contributed by atoms with Gasteiger partial charge in [0.2, 0.25) is 5.91 Å². The van der Waals surface area contributed by atoms with Gasteiger partial charge in [-0.25, -0.2) is 4.98 Å². The van der Waals surface area contributed by atoms with Crippen LogP contribution in [-0.4, -0.2) is 31.9 Å². The van der Waals surface area contributed by atoms with Gasteiger partial charge in [0.25, 0.3) is 0 Å². The molecule has 3 heterocycles. The molecule has 0 aliphatic carbocycles. The Morgan fingerprint density at radius 2 is 2.24 bits per heavy atom. The third-order valence-corrected chi connectivity index (χ3v) is 4.70. The maximum Gasteiger partial charge on any atom is 0.217 e. The summed E-state index contributed by atoms with van der Waals surface area (Å²) in [5.41, 5.74) is 1.99. The van der Waals surface area contributed by atoms with Crippen molar-refractivity contribution in [2.24, 2.45) is 0 Å². The van der Waals surface area contributed by atoms with Crippen LogP contribution in [-0.2, 0) is 17.9 Å². The molecular formula is C19H27N5O. The molecule has 0 aromatic carbocycles. The number of likely N-dealkylation sites (tertiary alicyclic amines) is 1. The number of carbonyl (C=O) groups excluding carboxylic acids is 1. The zero-order valence-corrected chi connectivity index (χ0v) is 15.3. The Labute approximate surface area is 149 Å². The van der Waals surface area contributed by atoms with Crippen molar-refractivity contribution in [3.8, 4) is 0 Å². The summed E-state index contributed by atoms with van der Waals surface area (Å²) in [6.07, 6.45) is 6.22. The van der Waals surface area contributed by atoms with Crippen molar-refractivity contribution in [1.29, 1.82) is 0 Å². The van der Waals surface area contributed by atoms with E-state index in [2.05, 4.69) is 45.9 Å². The van der Waals surface area contributed by atoms with Crippen LogP contribution in [0.15, 0.2) is 30.6 Å². The minimum absolute atomic E-state index is 0.0322. The lowest BCUT2D eigenvalue weighted by atomic mass is 10.1. The summed E-state index contributed by atoms with van der Waals surface area (Å²) in [6.45, 7) is 8.27. The molecule has 1 aliphatic heterocycles. The number of nitrogens with one attached hydrogen (secondary N) is 1. The van der Waals surface area contributed by atoms with Gasteiger partial charge in [0, 0.05) is 25.4 Å². The van der Waals surface area contributed by atoms with Crippen molar-refractivity contribution < 1.29 is 4.79 Å². The topological polar surface area (TPSA) is 63.1 Å². The van der Waals surface area contributed by atoms with Gasteiger partial charge in [-0.05, 0) is 45.4 Å². The molecule has 6 heteroatoms. The van der Waals surface area contributed by atoms with E-state index in [9.17, 15) is 4.79 Å². The van der Waals surface area contributed by atoms with Crippen LogP contribution in [0.25, 0.3) is 0 Å². The first-order chi connectivity index (χ1) is 12.0. The van der Waals surface area contributed by atoms with Crippen LogP contribution in [0.1, 0.15) is 62.9 Å². The van der Waals surface area contributed by atoms with Crippen LogP contribution in [0.2, 0.25) is 0 Å². The predicted molar refractivity (Wildman–Crippen MR) is 96.8 cm³/mol. The van der Waals surface area contributed by atoms with E-state index in [4.69, 9.17) is 4.98 Å². The Morgan fingerprint density at radius 3 is 3.00 bits per heavy atom. The Hall–Kier alpha value is -2.21. The van der Waals surface area contributed by atoms with Gasteiger partial charge in [0.15, 0.2) is 0 Å². The number of nitrogens with zero attached hydrogens (tertiary/aromatic N) is 4. The number of hydrogen-bond donors (Lipinski definition) is 1. The highest BCUT2D eigenvalue weighted by Gasteiger charge is 2.28. The summed E-state index contributed by atoms with van der Waals surface area (Å²) < 4.78 is 2.23. The van der Waals surface area contributed by atoms with Gasteiger partial charge < -0.3 is 9.88 Å². The van der Waals surface area contributed by atoms with E-state index in [1.807, 2.05) is 18.3 Å². The van der Waals surface area contributed by atoms with Crippen molar-refractivity contribution in [2.45, 2.75) is 58.8 Å². The lowest BCUT2D eigenvalue weighted by Gasteiger charge is -2.25. The second-order valence-corrected chi connectivity index (χ2v) is 6.94. The second kappa shape index (κ2) is 7.78. The van der Waals surface area contributed by atoms with E-state index >= 15 is 0 Å². The molecule has 1 atom stereocenters. The first-order valence-electron chi connectivity index (χ1n) is 9.00. The van der Waals surface area contributed by atoms with E-state index in [1.54, 1.807) is 0 Å². The normalized spacial score (nSPS) is 18.0. The average Bonchev–Trinajstić information content (AvgIpc) is 3.23. The fraction of sp³-hybridized carbons (Fsp3) is 0.526. The van der Waals surface area contributed by atoms with E-state index in [0.29, 0.717) is 18.6 Å². The molecule has 2 aromatic rings. The maximum atomic E-state index is 11.1. The maximum absolute atomic E-state index is 11.1. The highest BCUT2D eigenvalue weighted by atomic mass is 16.1. The molecule has 0 saturated carbocycles. The van der Waals surface area contributed by atoms with Crippen molar-refractivity contribution in [2.75, 3.05) is 6.54 Å². The second-order valence-electron chi connectivity index (χ2n) is 6.94. The number of amides is 1. The number of imidazole rings is 1. The van der Waals surface area contributed by atoms with E-state index < -0.39 is 0 Å². The van der Waals surface area contributed by atoms with Gasteiger partial charge in [-0.2, -0.15) is 0 Å². The van der Waals surface area contributed by atoms with Gasteiger partial charge in [-0.15, -0.1) is 0 Å². The van der Waals surface area contributed by atoms with Crippen LogP contribution in [0.3, 0.4) is 0 Å². The molecule has 1 N–H and O–H groups in total. The van der Waals surface area contributed by atoms with Crippen molar-refractivity contribution >= 4 is 5.91 Å². The van der Waals surface area contributed by atoms with Crippen LogP contribution in [0.4, 0.5) is 0 Å². The Morgan fingerprint density at radius 1 is 1.40 bits per heavy atom. The summed E-state index contributed by atoms with van der Waals surface area (Å²) in [4.78, 5) is 22.9. The van der Waals surface area contributed by atoms with Gasteiger partial charge in [0.05, 0.1) is 30.5 Å². The van der Waals surface area contributed by atoms with Gasteiger partial charge in [-0.1, -0.05) is 6.07 Å². The lowest BCUT2D eigenvalue weighted by molar-refractivity contribution is -0.119.